The molecular weight excluding hydrogens is 261 g/mol. The molecule has 19 heavy (non-hydrogen) atoms. The summed E-state index contributed by atoms with van der Waals surface area (Å²) in [5.41, 5.74) is 5.07. The van der Waals surface area contributed by atoms with Crippen LogP contribution in [-0.4, -0.2) is 54.3 Å². The highest BCUT2D eigenvalue weighted by atomic mass is 19.4. The van der Waals surface area contributed by atoms with Crippen LogP contribution < -0.4 is 11.1 Å². The SMILES string of the molecule is CC(CNCC(C(N)=NO)C(F)(F)F)N(C)C1CC1. The zero-order valence-corrected chi connectivity index (χ0v) is 11.1. The molecule has 4 N–H and O–H groups in total. The number of hydrogen-bond acceptors (Lipinski definition) is 4. The molecule has 0 spiro atoms. The average molecular weight is 282 g/mol. The van der Waals surface area contributed by atoms with Gasteiger partial charge in [0.1, 0.15) is 5.92 Å². The number of amidine groups is 1. The monoisotopic (exact) mass is 282 g/mol. The van der Waals surface area contributed by atoms with Crippen LogP contribution in [0.25, 0.3) is 0 Å². The molecule has 2 atom stereocenters. The van der Waals surface area contributed by atoms with E-state index in [1.54, 1.807) is 0 Å². The van der Waals surface area contributed by atoms with E-state index in [0.29, 0.717) is 12.6 Å². The molecular formula is C11H21F3N4O. The van der Waals surface area contributed by atoms with E-state index < -0.39 is 17.9 Å². The van der Waals surface area contributed by atoms with Gasteiger partial charge in [0.05, 0.1) is 0 Å². The van der Waals surface area contributed by atoms with Crippen LogP contribution >= 0.6 is 0 Å². The lowest BCUT2D eigenvalue weighted by molar-refractivity contribution is -0.155. The second kappa shape index (κ2) is 6.42. The lowest BCUT2D eigenvalue weighted by Gasteiger charge is -2.26. The molecule has 0 amide bonds. The first-order valence-electron chi connectivity index (χ1n) is 6.24. The Morgan fingerprint density at radius 2 is 2.05 bits per heavy atom. The standard InChI is InChI=1S/C11H21F3N4O/c1-7(18(2)8-3-4-8)5-16-6-9(10(15)17-19)11(12,13)14/h7-9,16,19H,3-6H2,1-2H3,(H2,15,17). The smallest absolute Gasteiger partial charge is 0.400 e. The van der Waals surface area contributed by atoms with E-state index >= 15 is 0 Å². The van der Waals surface area contributed by atoms with E-state index in [-0.39, 0.29) is 12.6 Å². The van der Waals surface area contributed by atoms with E-state index in [2.05, 4.69) is 15.4 Å². The third-order valence-corrected chi connectivity index (χ3v) is 3.47. The molecule has 0 heterocycles. The Hall–Kier alpha value is -1.02. The van der Waals surface area contributed by atoms with E-state index in [1.807, 2.05) is 14.0 Å². The van der Waals surface area contributed by atoms with Gasteiger partial charge in [0, 0.05) is 25.2 Å². The van der Waals surface area contributed by atoms with Gasteiger partial charge in [-0.05, 0) is 26.8 Å². The lowest BCUT2D eigenvalue weighted by atomic mass is 10.1. The summed E-state index contributed by atoms with van der Waals surface area (Å²) >= 11 is 0. The highest BCUT2D eigenvalue weighted by Crippen LogP contribution is 2.27. The summed E-state index contributed by atoms with van der Waals surface area (Å²) in [6.07, 6.45) is -2.22. The minimum atomic E-state index is -4.52. The highest BCUT2D eigenvalue weighted by molar-refractivity contribution is 5.83. The molecule has 8 heteroatoms. The van der Waals surface area contributed by atoms with Crippen LogP contribution in [0.3, 0.4) is 0 Å². The summed E-state index contributed by atoms with van der Waals surface area (Å²) in [7, 11) is 1.97. The normalized spacial score (nSPS) is 20.6. The van der Waals surface area contributed by atoms with E-state index in [1.165, 1.54) is 0 Å². The molecule has 0 aromatic rings. The number of nitrogens with zero attached hydrogens (tertiary/aromatic N) is 2. The maximum atomic E-state index is 12.7. The fourth-order valence-corrected chi connectivity index (χ4v) is 1.88. The van der Waals surface area contributed by atoms with Crippen LogP contribution in [0.5, 0.6) is 0 Å². The maximum Gasteiger partial charge on any atom is 0.400 e. The molecule has 1 rings (SSSR count). The summed E-state index contributed by atoms with van der Waals surface area (Å²) < 4.78 is 38.0. The van der Waals surface area contributed by atoms with Gasteiger partial charge in [0.2, 0.25) is 0 Å². The molecule has 0 aromatic carbocycles. The Labute approximate surface area is 110 Å². The van der Waals surface area contributed by atoms with Gasteiger partial charge in [-0.3, -0.25) is 4.90 Å². The number of nitrogens with one attached hydrogen (secondary N) is 1. The zero-order chi connectivity index (χ0) is 14.6. The van der Waals surface area contributed by atoms with E-state index in [9.17, 15) is 13.2 Å². The van der Waals surface area contributed by atoms with Crippen molar-refractivity contribution in [2.24, 2.45) is 16.8 Å². The molecule has 1 fully saturated rings. The van der Waals surface area contributed by atoms with Gasteiger partial charge in [0.15, 0.2) is 5.84 Å². The molecule has 5 nitrogen and oxygen atoms in total. The van der Waals surface area contributed by atoms with E-state index in [0.717, 1.165) is 12.8 Å². The first kappa shape index (κ1) is 16.0. The number of oxime groups is 1. The van der Waals surface area contributed by atoms with Crippen molar-refractivity contribution >= 4 is 5.84 Å². The number of alkyl halides is 3. The molecule has 0 saturated heterocycles. The topological polar surface area (TPSA) is 73.9 Å². The number of likely N-dealkylation sites (N-methyl/N-ethyl adjacent to an activating group) is 1. The first-order chi connectivity index (χ1) is 8.77. The molecule has 112 valence electrons. The number of nitrogens with two attached hydrogens (primary N) is 1. The zero-order valence-electron chi connectivity index (χ0n) is 11.1. The van der Waals surface area contributed by atoms with Crippen molar-refractivity contribution < 1.29 is 18.4 Å². The Balaban J connectivity index is 2.39. The van der Waals surface area contributed by atoms with Gasteiger partial charge < -0.3 is 16.3 Å². The van der Waals surface area contributed by atoms with Crippen LogP contribution in [-0.2, 0) is 0 Å². The Kier molecular flexibility index (Phi) is 5.42. The largest absolute Gasteiger partial charge is 0.409 e. The maximum absolute atomic E-state index is 12.7. The van der Waals surface area contributed by atoms with Gasteiger partial charge >= 0.3 is 6.18 Å². The minimum absolute atomic E-state index is 0.147. The average Bonchev–Trinajstić information content (AvgIpc) is 3.15. The Morgan fingerprint density at radius 1 is 1.47 bits per heavy atom. The van der Waals surface area contributed by atoms with E-state index in [4.69, 9.17) is 10.9 Å². The molecule has 1 aliphatic rings. The molecule has 0 radical (unpaired) electrons. The van der Waals surface area contributed by atoms with Gasteiger partial charge in [-0.2, -0.15) is 13.2 Å². The Bertz CT molecular complexity index is 318. The third kappa shape index (κ3) is 4.87. The lowest BCUT2D eigenvalue weighted by Crippen LogP contribution is -2.46. The van der Waals surface area contributed by atoms with Crippen molar-refractivity contribution in [2.75, 3.05) is 20.1 Å². The molecule has 1 aliphatic carbocycles. The summed E-state index contributed by atoms with van der Waals surface area (Å²) in [6.45, 7) is 2.00. The predicted molar refractivity (Wildman–Crippen MR) is 66.1 cm³/mol. The summed E-state index contributed by atoms with van der Waals surface area (Å²) in [5.74, 6) is -2.78. The summed E-state index contributed by atoms with van der Waals surface area (Å²) in [5, 5.41) is 13.6. The number of hydrogen-bond donors (Lipinski definition) is 3. The quantitative estimate of drug-likeness (QED) is 0.282. The third-order valence-electron chi connectivity index (χ3n) is 3.47. The molecule has 1 saturated carbocycles. The van der Waals surface area contributed by atoms with Gasteiger partial charge in [-0.25, -0.2) is 0 Å². The second-order valence-corrected chi connectivity index (χ2v) is 5.02. The van der Waals surface area contributed by atoms with Crippen molar-refractivity contribution in [3.05, 3.63) is 0 Å². The summed E-state index contributed by atoms with van der Waals surface area (Å²) in [6, 6.07) is 0.702. The highest BCUT2D eigenvalue weighted by Gasteiger charge is 2.42. The van der Waals surface area contributed by atoms with Crippen molar-refractivity contribution in [1.82, 2.24) is 10.2 Å². The molecule has 0 bridgehead atoms. The van der Waals surface area contributed by atoms with Crippen LogP contribution in [0.4, 0.5) is 13.2 Å². The van der Waals surface area contributed by atoms with Crippen LogP contribution in [0.2, 0.25) is 0 Å². The minimum Gasteiger partial charge on any atom is -0.409 e. The molecule has 2 unspecified atom stereocenters. The Morgan fingerprint density at radius 3 is 2.47 bits per heavy atom. The van der Waals surface area contributed by atoms with Gasteiger partial charge in [-0.15, -0.1) is 0 Å². The molecule has 0 aliphatic heterocycles. The van der Waals surface area contributed by atoms with Crippen molar-refractivity contribution in [2.45, 2.75) is 38.0 Å². The van der Waals surface area contributed by atoms with Gasteiger partial charge in [-0.1, -0.05) is 5.16 Å². The van der Waals surface area contributed by atoms with Crippen LogP contribution in [0.15, 0.2) is 5.16 Å². The van der Waals surface area contributed by atoms with Gasteiger partial charge in [0.25, 0.3) is 0 Å². The first-order valence-corrected chi connectivity index (χ1v) is 6.24. The molecule has 0 aromatic heterocycles. The van der Waals surface area contributed by atoms with Crippen LogP contribution in [0.1, 0.15) is 19.8 Å². The van der Waals surface area contributed by atoms with Crippen molar-refractivity contribution in [3.8, 4) is 0 Å². The number of halogens is 3. The number of rotatable bonds is 7. The van der Waals surface area contributed by atoms with Crippen LogP contribution in [0, 0.1) is 5.92 Å². The second-order valence-electron chi connectivity index (χ2n) is 5.02. The van der Waals surface area contributed by atoms with Crippen molar-refractivity contribution in [3.63, 3.8) is 0 Å². The fraction of sp³-hybridized carbons (Fsp3) is 0.909. The summed E-state index contributed by atoms with van der Waals surface area (Å²) in [4.78, 5) is 2.15. The fourth-order valence-electron chi connectivity index (χ4n) is 1.88. The van der Waals surface area contributed by atoms with Crippen molar-refractivity contribution in [1.29, 1.82) is 0 Å². The predicted octanol–water partition coefficient (Wildman–Crippen LogP) is 0.984.